The van der Waals surface area contributed by atoms with Crippen LogP contribution in [0.4, 0.5) is 13.2 Å². The Bertz CT molecular complexity index is 731. The molecule has 0 aromatic heterocycles. The van der Waals surface area contributed by atoms with Crippen molar-refractivity contribution >= 4 is 23.3 Å². The van der Waals surface area contributed by atoms with E-state index in [1.54, 1.807) is 32.8 Å². The molecule has 8 heteroatoms. The van der Waals surface area contributed by atoms with Crippen LogP contribution in [-0.2, 0) is 15.7 Å². The van der Waals surface area contributed by atoms with Crippen LogP contribution >= 0.6 is 12.2 Å². The molecule has 25 heavy (non-hydrogen) atoms. The van der Waals surface area contributed by atoms with E-state index in [1.807, 2.05) is 0 Å². The fourth-order valence-corrected chi connectivity index (χ4v) is 3.13. The van der Waals surface area contributed by atoms with Gasteiger partial charge in [0, 0.05) is 19.8 Å². The van der Waals surface area contributed by atoms with Crippen molar-refractivity contribution in [2.24, 2.45) is 0 Å². The fourth-order valence-electron chi connectivity index (χ4n) is 2.89. The van der Waals surface area contributed by atoms with E-state index in [0.717, 1.165) is 6.07 Å². The summed E-state index contributed by atoms with van der Waals surface area (Å²) in [7, 11) is 3.24. The number of alkyl halides is 3. The van der Waals surface area contributed by atoms with Crippen molar-refractivity contribution in [3.63, 3.8) is 0 Å². The standard InChI is InChI=1S/C17H19F3N2O2S/c1-5-24-15(23)13-10(2)21(3)16(25)22(4)14(13)11-8-6-7-9-12(11)17(18,19)20/h6-9,14H,5H2,1-4H3/t14-/m0/s1. The van der Waals surface area contributed by atoms with Gasteiger partial charge in [0.2, 0.25) is 0 Å². The summed E-state index contributed by atoms with van der Waals surface area (Å²) in [5.41, 5.74) is -0.204. The van der Waals surface area contributed by atoms with Crippen LogP contribution in [0, 0.1) is 0 Å². The Labute approximate surface area is 149 Å². The van der Waals surface area contributed by atoms with Crippen molar-refractivity contribution in [3.05, 3.63) is 46.7 Å². The van der Waals surface area contributed by atoms with Crippen molar-refractivity contribution in [3.8, 4) is 0 Å². The third-order valence-corrected chi connectivity index (χ3v) is 4.76. The lowest BCUT2D eigenvalue weighted by atomic mass is 9.90. The van der Waals surface area contributed by atoms with Gasteiger partial charge in [-0.3, -0.25) is 0 Å². The van der Waals surface area contributed by atoms with Crippen LogP contribution in [0.15, 0.2) is 35.5 Å². The Morgan fingerprint density at radius 2 is 1.88 bits per heavy atom. The fraction of sp³-hybridized carbons (Fsp3) is 0.412. The molecule has 0 radical (unpaired) electrons. The molecule has 0 fully saturated rings. The van der Waals surface area contributed by atoms with E-state index >= 15 is 0 Å². The third kappa shape index (κ3) is 3.49. The number of likely N-dealkylation sites (N-methyl/N-ethyl adjacent to an activating group) is 1. The van der Waals surface area contributed by atoms with E-state index in [2.05, 4.69) is 0 Å². The zero-order valence-electron chi connectivity index (χ0n) is 14.3. The topological polar surface area (TPSA) is 32.8 Å². The highest BCUT2D eigenvalue weighted by Crippen LogP contribution is 2.42. The van der Waals surface area contributed by atoms with Crippen molar-refractivity contribution in [1.29, 1.82) is 0 Å². The van der Waals surface area contributed by atoms with Gasteiger partial charge in [0.05, 0.1) is 23.8 Å². The summed E-state index contributed by atoms with van der Waals surface area (Å²) in [6, 6.07) is 4.23. The second-order valence-corrected chi connectivity index (χ2v) is 6.02. The monoisotopic (exact) mass is 372 g/mol. The number of halogens is 3. The number of benzene rings is 1. The van der Waals surface area contributed by atoms with Gasteiger partial charge in [-0.1, -0.05) is 18.2 Å². The maximum absolute atomic E-state index is 13.5. The predicted octanol–water partition coefficient (Wildman–Crippen LogP) is 3.75. The largest absolute Gasteiger partial charge is 0.463 e. The van der Waals surface area contributed by atoms with Gasteiger partial charge < -0.3 is 14.5 Å². The van der Waals surface area contributed by atoms with Crippen molar-refractivity contribution in [1.82, 2.24) is 9.80 Å². The molecule has 2 rings (SSSR count). The molecule has 0 saturated heterocycles. The summed E-state index contributed by atoms with van der Waals surface area (Å²) in [6.07, 6.45) is -4.55. The summed E-state index contributed by atoms with van der Waals surface area (Å²) in [4.78, 5) is 15.6. The Hall–Kier alpha value is -2.09. The van der Waals surface area contributed by atoms with E-state index in [1.165, 1.54) is 23.1 Å². The minimum Gasteiger partial charge on any atom is -0.463 e. The lowest BCUT2D eigenvalue weighted by Gasteiger charge is -2.42. The minimum absolute atomic E-state index is 0.0321. The molecule has 1 aliphatic heterocycles. The van der Waals surface area contributed by atoms with Crippen LogP contribution in [0.25, 0.3) is 0 Å². The van der Waals surface area contributed by atoms with Gasteiger partial charge in [0.1, 0.15) is 0 Å². The molecule has 1 aliphatic rings. The van der Waals surface area contributed by atoms with Crippen LogP contribution in [0.1, 0.15) is 31.0 Å². The average Bonchev–Trinajstić information content (AvgIpc) is 2.55. The Balaban J connectivity index is 2.72. The number of ether oxygens (including phenoxy) is 1. The van der Waals surface area contributed by atoms with Gasteiger partial charge in [0.25, 0.3) is 0 Å². The molecular weight excluding hydrogens is 353 g/mol. The highest BCUT2D eigenvalue weighted by atomic mass is 32.1. The number of carbonyl (C=O) groups excluding carboxylic acids is 1. The summed E-state index contributed by atoms with van der Waals surface area (Å²) in [5.74, 6) is -0.650. The highest BCUT2D eigenvalue weighted by molar-refractivity contribution is 7.80. The van der Waals surface area contributed by atoms with E-state index < -0.39 is 23.8 Å². The number of hydrogen-bond donors (Lipinski definition) is 0. The van der Waals surface area contributed by atoms with Gasteiger partial charge in [-0.2, -0.15) is 13.2 Å². The smallest absolute Gasteiger partial charge is 0.416 e. The average molecular weight is 372 g/mol. The van der Waals surface area contributed by atoms with E-state index in [9.17, 15) is 18.0 Å². The van der Waals surface area contributed by atoms with Crippen LogP contribution in [-0.4, -0.2) is 41.6 Å². The van der Waals surface area contributed by atoms with Gasteiger partial charge in [0.15, 0.2) is 5.11 Å². The first-order valence-corrected chi connectivity index (χ1v) is 8.06. The molecule has 0 bridgehead atoms. The van der Waals surface area contributed by atoms with E-state index in [4.69, 9.17) is 17.0 Å². The summed E-state index contributed by atoms with van der Waals surface area (Å²) in [6.45, 7) is 3.42. The van der Waals surface area contributed by atoms with E-state index in [0.29, 0.717) is 10.8 Å². The zero-order chi connectivity index (χ0) is 18.9. The van der Waals surface area contributed by atoms with Gasteiger partial charge in [-0.25, -0.2) is 4.79 Å². The lowest BCUT2D eigenvalue weighted by Crippen LogP contribution is -2.47. The molecule has 136 valence electrons. The molecule has 0 unspecified atom stereocenters. The summed E-state index contributed by atoms with van der Waals surface area (Å²) < 4.78 is 45.5. The highest BCUT2D eigenvalue weighted by Gasteiger charge is 2.42. The number of allylic oxidation sites excluding steroid dienone is 1. The normalized spacial score (nSPS) is 18.7. The van der Waals surface area contributed by atoms with Crippen molar-refractivity contribution in [2.75, 3.05) is 20.7 Å². The molecule has 0 amide bonds. The van der Waals surface area contributed by atoms with Gasteiger partial charge in [-0.15, -0.1) is 0 Å². The number of hydrogen-bond acceptors (Lipinski definition) is 3. The first kappa shape index (κ1) is 19.2. The summed E-state index contributed by atoms with van der Waals surface area (Å²) in [5, 5.41) is 0.326. The molecule has 1 aromatic rings. The third-order valence-electron chi connectivity index (χ3n) is 4.20. The molecular formula is C17H19F3N2O2S. The molecule has 1 atom stereocenters. The molecule has 1 heterocycles. The molecule has 0 N–H and O–H groups in total. The molecule has 1 aromatic carbocycles. The number of rotatable bonds is 3. The molecule has 0 saturated carbocycles. The van der Waals surface area contributed by atoms with Crippen LogP contribution in [0.2, 0.25) is 0 Å². The quantitative estimate of drug-likeness (QED) is 0.596. The lowest BCUT2D eigenvalue weighted by molar-refractivity contribution is -0.141. The molecule has 0 aliphatic carbocycles. The van der Waals surface area contributed by atoms with E-state index in [-0.39, 0.29) is 17.7 Å². The SMILES string of the molecule is CCOC(=O)C1=C(C)N(C)C(=S)N(C)[C@H]1c1ccccc1C(F)(F)F. The minimum atomic E-state index is -4.55. The maximum Gasteiger partial charge on any atom is 0.416 e. The Kier molecular flexibility index (Phi) is 5.41. The van der Waals surface area contributed by atoms with Crippen molar-refractivity contribution < 1.29 is 22.7 Å². The first-order valence-electron chi connectivity index (χ1n) is 7.65. The second-order valence-electron chi connectivity index (χ2n) is 5.66. The van der Waals surface area contributed by atoms with Gasteiger partial charge >= 0.3 is 12.1 Å². The second kappa shape index (κ2) is 7.03. The zero-order valence-corrected chi connectivity index (χ0v) is 15.2. The number of nitrogens with zero attached hydrogens (tertiary/aromatic N) is 2. The van der Waals surface area contributed by atoms with Crippen LogP contribution in [0.3, 0.4) is 0 Å². The first-order chi connectivity index (χ1) is 11.6. The van der Waals surface area contributed by atoms with Crippen LogP contribution in [0.5, 0.6) is 0 Å². The number of esters is 1. The number of thiocarbonyl (C=S) groups is 1. The maximum atomic E-state index is 13.5. The summed E-state index contributed by atoms with van der Waals surface area (Å²) >= 11 is 5.33. The Morgan fingerprint density at radius 1 is 1.28 bits per heavy atom. The van der Waals surface area contributed by atoms with Gasteiger partial charge in [-0.05, 0) is 37.7 Å². The Morgan fingerprint density at radius 3 is 2.44 bits per heavy atom. The van der Waals surface area contributed by atoms with Crippen molar-refractivity contribution in [2.45, 2.75) is 26.1 Å². The molecule has 4 nitrogen and oxygen atoms in total. The number of carbonyl (C=O) groups is 1. The molecule has 0 spiro atoms. The van der Waals surface area contributed by atoms with Crippen LogP contribution < -0.4 is 0 Å². The predicted molar refractivity (Wildman–Crippen MR) is 91.6 cm³/mol.